The molecule has 2 heterocycles. The Kier molecular flexibility index (Phi) is 6.15. The fraction of sp³-hybridized carbons (Fsp3) is 0.207. The summed E-state index contributed by atoms with van der Waals surface area (Å²) in [7, 11) is 0. The van der Waals surface area contributed by atoms with Gasteiger partial charge in [-0.05, 0) is 30.2 Å². The van der Waals surface area contributed by atoms with Crippen LogP contribution in [0.5, 0.6) is 23.0 Å². The molecule has 0 spiro atoms. The lowest BCUT2D eigenvalue weighted by Gasteiger charge is -2.39. The second-order valence-corrected chi connectivity index (χ2v) is 9.43. The first-order valence-electron chi connectivity index (χ1n) is 11.8. The highest BCUT2D eigenvalue weighted by Crippen LogP contribution is 2.43. The van der Waals surface area contributed by atoms with Gasteiger partial charge >= 0.3 is 0 Å². The van der Waals surface area contributed by atoms with E-state index in [4.69, 9.17) is 9.15 Å². The van der Waals surface area contributed by atoms with E-state index in [9.17, 15) is 30.3 Å². The maximum atomic E-state index is 12.9. The molecule has 0 amide bonds. The Hall–Kier alpha value is -4.27. The Morgan fingerprint density at radius 3 is 2.46 bits per heavy atom. The van der Waals surface area contributed by atoms with Crippen molar-refractivity contribution in [1.29, 1.82) is 0 Å². The minimum Gasteiger partial charge on any atom is -0.508 e. The van der Waals surface area contributed by atoms with Crippen molar-refractivity contribution in [1.82, 2.24) is 0 Å². The number of rotatable bonds is 5. The van der Waals surface area contributed by atoms with Crippen molar-refractivity contribution in [3.8, 4) is 23.0 Å². The van der Waals surface area contributed by atoms with Gasteiger partial charge in [-0.1, -0.05) is 42.5 Å². The number of phenols is 3. The number of benzene rings is 3. The zero-order chi connectivity index (χ0) is 26.3. The largest absolute Gasteiger partial charge is 0.508 e. The van der Waals surface area contributed by atoms with Gasteiger partial charge in [0.25, 0.3) is 0 Å². The molecule has 0 aliphatic carbocycles. The lowest BCUT2D eigenvalue weighted by Crippen LogP contribution is -2.48. The highest BCUT2D eigenvalue weighted by Gasteiger charge is 2.41. The van der Waals surface area contributed by atoms with Crippen molar-refractivity contribution in [2.45, 2.75) is 37.6 Å². The van der Waals surface area contributed by atoms with Crippen LogP contribution in [0.4, 0.5) is 0 Å². The molecule has 190 valence electrons. The topological polar surface area (TPSA) is 141 Å². The number of phenolic OH excluding ortho intramolecular Hbond substituents is 3. The van der Waals surface area contributed by atoms with Gasteiger partial charge in [0.05, 0.1) is 6.10 Å². The van der Waals surface area contributed by atoms with Crippen LogP contribution >= 0.6 is 0 Å². The number of hydrogen-bond donors (Lipinski definition) is 5. The van der Waals surface area contributed by atoms with E-state index in [0.717, 1.165) is 17.7 Å². The van der Waals surface area contributed by atoms with Crippen molar-refractivity contribution in [3.05, 3.63) is 99.4 Å². The lowest BCUT2D eigenvalue weighted by atomic mass is 9.86. The number of aromatic hydroxyl groups is 3. The maximum Gasteiger partial charge on any atom is 0.196 e. The predicted molar refractivity (Wildman–Crippen MR) is 137 cm³/mol. The molecule has 4 aromatic rings. The van der Waals surface area contributed by atoms with Crippen LogP contribution < -0.4 is 10.2 Å². The van der Waals surface area contributed by atoms with Crippen LogP contribution in [-0.2, 0) is 6.42 Å². The van der Waals surface area contributed by atoms with Crippen molar-refractivity contribution >= 4 is 17.0 Å². The molecule has 0 saturated carbocycles. The van der Waals surface area contributed by atoms with Gasteiger partial charge < -0.3 is 34.7 Å². The van der Waals surface area contributed by atoms with Gasteiger partial charge in [0, 0.05) is 36.6 Å². The summed E-state index contributed by atoms with van der Waals surface area (Å²) < 4.78 is 12.0. The van der Waals surface area contributed by atoms with Crippen LogP contribution in [0.1, 0.15) is 41.9 Å². The average molecular weight is 503 g/mol. The molecule has 5 rings (SSSR count). The van der Waals surface area contributed by atoms with Gasteiger partial charge in [-0.3, -0.25) is 4.79 Å². The summed E-state index contributed by atoms with van der Waals surface area (Å²) in [6, 6.07) is 15.8. The highest BCUT2D eigenvalue weighted by molar-refractivity contribution is 5.87. The molecule has 0 unspecified atom stereocenters. The SMILES string of the molecule is C[C@@]1(C/C=C/c2ccccc2)Oc2cc3oc([C@H](O)c4cc(O)cc(O)c4)cc(=O)c3c(O)c2C[C@H]1O. The van der Waals surface area contributed by atoms with Gasteiger partial charge in [-0.25, -0.2) is 0 Å². The van der Waals surface area contributed by atoms with Crippen LogP contribution in [-0.4, -0.2) is 37.2 Å². The quantitative estimate of drug-likeness (QED) is 0.274. The van der Waals surface area contributed by atoms with Gasteiger partial charge in [-0.15, -0.1) is 0 Å². The van der Waals surface area contributed by atoms with Crippen LogP contribution in [0.25, 0.3) is 17.0 Å². The molecule has 1 aliphatic heterocycles. The van der Waals surface area contributed by atoms with Gasteiger partial charge in [0.2, 0.25) is 0 Å². The number of fused-ring (bicyclic) bond motifs is 2. The molecular weight excluding hydrogens is 476 g/mol. The zero-order valence-electron chi connectivity index (χ0n) is 20.0. The van der Waals surface area contributed by atoms with E-state index in [0.29, 0.717) is 12.0 Å². The molecule has 1 aromatic heterocycles. The Morgan fingerprint density at radius 2 is 1.76 bits per heavy atom. The first kappa shape index (κ1) is 24.4. The third kappa shape index (κ3) is 4.64. The molecule has 0 fully saturated rings. The third-order valence-electron chi connectivity index (χ3n) is 6.66. The average Bonchev–Trinajstić information content (AvgIpc) is 2.85. The summed E-state index contributed by atoms with van der Waals surface area (Å²) in [6.45, 7) is 1.77. The monoisotopic (exact) mass is 502 g/mol. The third-order valence-corrected chi connectivity index (χ3v) is 6.66. The minimum atomic E-state index is -1.47. The standard InChI is InChI=1S/C29H26O8/c1-29(9-5-8-16-6-3-2-4-7-16)25(33)13-20-22(37-29)15-23-26(28(20)35)21(32)14-24(36-23)27(34)17-10-18(30)12-19(31)11-17/h2-8,10-12,14-15,25,27,30-31,33-35H,9,13H2,1H3/b8-5+/t25-,27-,29+/m1/s1. The zero-order valence-corrected chi connectivity index (χ0v) is 20.0. The number of ether oxygens (including phenoxy) is 1. The predicted octanol–water partition coefficient (Wildman–Crippen LogP) is 4.15. The Balaban J connectivity index is 1.51. The van der Waals surface area contributed by atoms with Gasteiger partial charge in [0.15, 0.2) is 5.43 Å². The number of aliphatic hydroxyl groups is 2. The van der Waals surface area contributed by atoms with E-state index in [1.807, 2.05) is 42.5 Å². The molecule has 0 saturated heterocycles. The Bertz CT molecular complexity index is 1540. The van der Waals surface area contributed by atoms with Crippen LogP contribution in [0.3, 0.4) is 0 Å². The van der Waals surface area contributed by atoms with Crippen LogP contribution in [0.15, 0.2) is 76.0 Å². The second-order valence-electron chi connectivity index (χ2n) is 9.43. The van der Waals surface area contributed by atoms with E-state index in [2.05, 4.69) is 0 Å². The second kappa shape index (κ2) is 9.31. The number of hydrogen-bond acceptors (Lipinski definition) is 8. The summed E-state index contributed by atoms with van der Waals surface area (Å²) in [5.74, 6) is -0.770. The fourth-order valence-corrected chi connectivity index (χ4v) is 4.60. The van der Waals surface area contributed by atoms with E-state index >= 15 is 0 Å². The molecule has 3 aromatic carbocycles. The van der Waals surface area contributed by atoms with Crippen LogP contribution in [0.2, 0.25) is 0 Å². The number of aliphatic hydroxyl groups excluding tert-OH is 2. The molecular formula is C29H26O8. The highest BCUT2D eigenvalue weighted by atomic mass is 16.5. The van der Waals surface area contributed by atoms with E-state index in [-0.39, 0.29) is 51.7 Å². The summed E-state index contributed by atoms with van der Waals surface area (Å²) in [5.41, 5.74) is -0.209. The van der Waals surface area contributed by atoms with Crippen molar-refractivity contribution in [3.63, 3.8) is 0 Å². The Labute approximate surface area is 212 Å². The van der Waals surface area contributed by atoms with Gasteiger partial charge in [-0.2, -0.15) is 0 Å². The first-order valence-corrected chi connectivity index (χ1v) is 11.8. The van der Waals surface area contributed by atoms with Gasteiger partial charge in [0.1, 0.15) is 51.4 Å². The smallest absolute Gasteiger partial charge is 0.196 e. The van der Waals surface area contributed by atoms with Crippen molar-refractivity contribution in [2.75, 3.05) is 0 Å². The summed E-state index contributed by atoms with van der Waals surface area (Å²) in [6.07, 6.45) is 1.87. The van der Waals surface area contributed by atoms with E-state index in [1.165, 1.54) is 18.2 Å². The molecule has 1 aliphatic rings. The molecule has 3 atom stereocenters. The fourth-order valence-electron chi connectivity index (χ4n) is 4.60. The van der Waals surface area contributed by atoms with E-state index < -0.39 is 23.2 Å². The lowest BCUT2D eigenvalue weighted by molar-refractivity contribution is -0.0523. The Morgan fingerprint density at radius 1 is 1.05 bits per heavy atom. The summed E-state index contributed by atoms with van der Waals surface area (Å²) >= 11 is 0. The van der Waals surface area contributed by atoms with Crippen molar-refractivity contribution < 1.29 is 34.7 Å². The molecule has 5 N–H and O–H groups in total. The molecule has 8 heteroatoms. The summed E-state index contributed by atoms with van der Waals surface area (Å²) in [5, 5.41) is 51.9. The first-order chi connectivity index (χ1) is 17.6. The normalized spacial score (nSPS) is 20.0. The maximum absolute atomic E-state index is 12.9. The molecule has 8 nitrogen and oxygen atoms in total. The summed E-state index contributed by atoms with van der Waals surface area (Å²) in [4.78, 5) is 12.9. The van der Waals surface area contributed by atoms with Crippen molar-refractivity contribution in [2.24, 2.45) is 0 Å². The molecule has 0 bridgehead atoms. The minimum absolute atomic E-state index is 0.0132. The molecule has 0 radical (unpaired) electrons. The van der Waals surface area contributed by atoms with Crippen LogP contribution in [0, 0.1) is 0 Å². The van der Waals surface area contributed by atoms with E-state index in [1.54, 1.807) is 6.92 Å². The molecule has 37 heavy (non-hydrogen) atoms.